The highest BCUT2D eigenvalue weighted by atomic mass is 16.5. The standard InChI is InChI=1S/C11H20N2O2/c1-5-7-12-8-11(14)13(6-2)10(3)9-15-4/h1,10,12H,6-9H2,2-4H3. The Morgan fingerprint density at radius 3 is 2.80 bits per heavy atom. The fourth-order valence-electron chi connectivity index (χ4n) is 1.41. The van der Waals surface area contributed by atoms with E-state index in [1.165, 1.54) is 0 Å². The van der Waals surface area contributed by atoms with E-state index >= 15 is 0 Å². The Kier molecular flexibility index (Phi) is 7.69. The Labute approximate surface area is 92.0 Å². The molecule has 0 aromatic heterocycles. The quantitative estimate of drug-likeness (QED) is 0.480. The SMILES string of the molecule is C#CCNCC(=O)N(CC)C(C)COC. The van der Waals surface area contributed by atoms with Crippen molar-refractivity contribution in [3.05, 3.63) is 0 Å². The Hall–Kier alpha value is -1.05. The minimum absolute atomic E-state index is 0.0531. The van der Waals surface area contributed by atoms with E-state index in [9.17, 15) is 4.79 Å². The van der Waals surface area contributed by atoms with Crippen molar-refractivity contribution in [2.45, 2.75) is 19.9 Å². The molecule has 1 atom stereocenters. The van der Waals surface area contributed by atoms with Gasteiger partial charge in [-0.1, -0.05) is 5.92 Å². The summed E-state index contributed by atoms with van der Waals surface area (Å²) in [7, 11) is 1.63. The van der Waals surface area contributed by atoms with Crippen LogP contribution < -0.4 is 5.32 Å². The minimum Gasteiger partial charge on any atom is -0.383 e. The summed E-state index contributed by atoms with van der Waals surface area (Å²) >= 11 is 0. The summed E-state index contributed by atoms with van der Waals surface area (Å²) in [4.78, 5) is 13.5. The van der Waals surface area contributed by atoms with E-state index < -0.39 is 0 Å². The van der Waals surface area contributed by atoms with Crippen molar-refractivity contribution < 1.29 is 9.53 Å². The van der Waals surface area contributed by atoms with Gasteiger partial charge >= 0.3 is 0 Å². The van der Waals surface area contributed by atoms with Gasteiger partial charge in [0.2, 0.25) is 5.91 Å². The highest BCUT2D eigenvalue weighted by molar-refractivity contribution is 5.78. The molecule has 0 radical (unpaired) electrons. The molecule has 0 saturated carbocycles. The van der Waals surface area contributed by atoms with Crippen molar-refractivity contribution in [2.75, 3.05) is 33.4 Å². The predicted molar refractivity (Wildman–Crippen MR) is 60.4 cm³/mol. The third kappa shape index (κ3) is 5.40. The van der Waals surface area contributed by atoms with Crippen LogP contribution in [0.1, 0.15) is 13.8 Å². The first-order chi connectivity index (χ1) is 7.17. The summed E-state index contributed by atoms with van der Waals surface area (Å²) in [5, 5.41) is 2.88. The molecular weight excluding hydrogens is 192 g/mol. The monoisotopic (exact) mass is 212 g/mol. The molecule has 0 heterocycles. The maximum Gasteiger partial charge on any atom is 0.236 e. The number of ether oxygens (including phenoxy) is 1. The van der Waals surface area contributed by atoms with Crippen LogP contribution in [0.4, 0.5) is 0 Å². The summed E-state index contributed by atoms with van der Waals surface area (Å²) in [5.74, 6) is 2.48. The third-order valence-corrected chi connectivity index (χ3v) is 2.10. The van der Waals surface area contributed by atoms with Gasteiger partial charge in [0.15, 0.2) is 0 Å². The van der Waals surface area contributed by atoms with Crippen molar-refractivity contribution in [3.63, 3.8) is 0 Å². The predicted octanol–water partition coefficient (Wildman–Crippen LogP) is 0.0926. The van der Waals surface area contributed by atoms with Gasteiger partial charge in [0.25, 0.3) is 0 Å². The lowest BCUT2D eigenvalue weighted by Crippen LogP contribution is -2.45. The first-order valence-corrected chi connectivity index (χ1v) is 5.09. The first kappa shape index (κ1) is 13.9. The lowest BCUT2D eigenvalue weighted by Gasteiger charge is -2.27. The van der Waals surface area contributed by atoms with Gasteiger partial charge in [0, 0.05) is 13.7 Å². The van der Waals surface area contributed by atoms with Crippen molar-refractivity contribution in [3.8, 4) is 12.3 Å². The molecule has 0 aliphatic carbocycles. The molecule has 0 rings (SSSR count). The van der Waals surface area contributed by atoms with Crippen molar-refractivity contribution in [1.82, 2.24) is 10.2 Å². The largest absolute Gasteiger partial charge is 0.383 e. The van der Waals surface area contributed by atoms with E-state index in [2.05, 4.69) is 11.2 Å². The average Bonchev–Trinajstić information content (AvgIpc) is 2.19. The second-order valence-corrected chi connectivity index (χ2v) is 3.29. The number of hydrogen-bond donors (Lipinski definition) is 1. The van der Waals surface area contributed by atoms with Crippen molar-refractivity contribution >= 4 is 5.91 Å². The van der Waals surface area contributed by atoms with Crippen molar-refractivity contribution in [1.29, 1.82) is 0 Å². The first-order valence-electron chi connectivity index (χ1n) is 5.09. The number of amides is 1. The van der Waals surface area contributed by atoms with E-state index in [0.717, 1.165) is 0 Å². The van der Waals surface area contributed by atoms with Gasteiger partial charge in [0.05, 0.1) is 25.7 Å². The van der Waals surface area contributed by atoms with Crippen LogP contribution in [0.2, 0.25) is 0 Å². The summed E-state index contributed by atoms with van der Waals surface area (Å²) in [6.07, 6.45) is 5.07. The molecule has 4 nitrogen and oxygen atoms in total. The number of carbonyl (C=O) groups is 1. The van der Waals surface area contributed by atoms with Crippen LogP contribution in [0.25, 0.3) is 0 Å². The van der Waals surface area contributed by atoms with Gasteiger partial charge in [-0.2, -0.15) is 0 Å². The maximum absolute atomic E-state index is 11.7. The molecule has 0 aromatic rings. The molecule has 15 heavy (non-hydrogen) atoms. The molecule has 0 aliphatic heterocycles. The number of terminal acetylenes is 1. The summed E-state index contributed by atoms with van der Waals surface area (Å²) < 4.78 is 5.02. The van der Waals surface area contributed by atoms with E-state index in [-0.39, 0.29) is 18.5 Å². The Morgan fingerprint density at radius 1 is 1.67 bits per heavy atom. The van der Waals surface area contributed by atoms with Crippen LogP contribution in [-0.4, -0.2) is 50.2 Å². The van der Waals surface area contributed by atoms with Gasteiger partial charge in [-0.15, -0.1) is 6.42 Å². The van der Waals surface area contributed by atoms with Crippen LogP contribution in [-0.2, 0) is 9.53 Å². The molecule has 1 unspecified atom stereocenters. The summed E-state index contributed by atoms with van der Waals surface area (Å²) in [5.41, 5.74) is 0. The second-order valence-electron chi connectivity index (χ2n) is 3.29. The lowest BCUT2D eigenvalue weighted by molar-refractivity contribution is -0.132. The van der Waals surface area contributed by atoms with Crippen LogP contribution in [0.3, 0.4) is 0 Å². The average molecular weight is 212 g/mol. The zero-order valence-corrected chi connectivity index (χ0v) is 9.75. The number of likely N-dealkylation sites (N-methyl/N-ethyl adjacent to an activating group) is 1. The smallest absolute Gasteiger partial charge is 0.236 e. The van der Waals surface area contributed by atoms with E-state index in [1.807, 2.05) is 13.8 Å². The molecule has 0 aliphatic rings. The normalized spacial score (nSPS) is 11.9. The van der Waals surface area contributed by atoms with Crippen LogP contribution in [0.5, 0.6) is 0 Å². The molecular formula is C11H20N2O2. The van der Waals surface area contributed by atoms with E-state index in [4.69, 9.17) is 11.2 Å². The zero-order valence-electron chi connectivity index (χ0n) is 9.75. The summed E-state index contributed by atoms with van der Waals surface area (Å²) in [6.45, 7) is 5.85. The van der Waals surface area contributed by atoms with Gasteiger partial charge in [-0.3, -0.25) is 10.1 Å². The van der Waals surface area contributed by atoms with Gasteiger partial charge in [-0.25, -0.2) is 0 Å². The third-order valence-electron chi connectivity index (χ3n) is 2.10. The number of carbonyl (C=O) groups excluding carboxylic acids is 1. The minimum atomic E-state index is 0.0531. The molecule has 4 heteroatoms. The Bertz CT molecular complexity index is 223. The fourth-order valence-corrected chi connectivity index (χ4v) is 1.41. The Morgan fingerprint density at radius 2 is 2.33 bits per heavy atom. The number of methoxy groups -OCH3 is 1. The van der Waals surface area contributed by atoms with Crippen molar-refractivity contribution in [2.24, 2.45) is 0 Å². The van der Waals surface area contributed by atoms with E-state index in [1.54, 1.807) is 12.0 Å². The van der Waals surface area contributed by atoms with Gasteiger partial charge in [-0.05, 0) is 13.8 Å². The van der Waals surface area contributed by atoms with Crippen LogP contribution in [0.15, 0.2) is 0 Å². The van der Waals surface area contributed by atoms with E-state index in [0.29, 0.717) is 19.7 Å². The van der Waals surface area contributed by atoms with Crippen LogP contribution >= 0.6 is 0 Å². The summed E-state index contributed by atoms with van der Waals surface area (Å²) in [6, 6.07) is 0.0973. The lowest BCUT2D eigenvalue weighted by atomic mass is 10.3. The molecule has 86 valence electrons. The molecule has 0 aromatic carbocycles. The highest BCUT2D eigenvalue weighted by Crippen LogP contribution is 1.99. The number of nitrogens with zero attached hydrogens (tertiary/aromatic N) is 1. The molecule has 1 amide bonds. The molecule has 0 fully saturated rings. The zero-order chi connectivity index (χ0) is 11.7. The molecule has 0 saturated heterocycles. The molecule has 0 spiro atoms. The topological polar surface area (TPSA) is 41.6 Å². The van der Waals surface area contributed by atoms with Gasteiger partial charge < -0.3 is 9.64 Å². The number of rotatable bonds is 7. The Balaban J connectivity index is 4.04. The highest BCUT2D eigenvalue weighted by Gasteiger charge is 2.17. The van der Waals surface area contributed by atoms with Gasteiger partial charge in [0.1, 0.15) is 0 Å². The maximum atomic E-state index is 11.7. The second kappa shape index (κ2) is 8.27. The number of hydrogen-bond acceptors (Lipinski definition) is 3. The fraction of sp³-hybridized carbons (Fsp3) is 0.727. The molecule has 0 bridgehead atoms. The number of nitrogens with one attached hydrogen (secondary N) is 1. The molecule has 1 N–H and O–H groups in total. The van der Waals surface area contributed by atoms with Crippen LogP contribution in [0, 0.1) is 12.3 Å².